The predicted molar refractivity (Wildman–Crippen MR) is 90.2 cm³/mol. The molecule has 0 bridgehead atoms. The van der Waals surface area contributed by atoms with Gasteiger partial charge in [-0.2, -0.15) is 0 Å². The largest absolute Gasteiger partial charge is 0.455 e. The zero-order valence-corrected chi connectivity index (χ0v) is 13.5. The van der Waals surface area contributed by atoms with Gasteiger partial charge in [0.25, 0.3) is 0 Å². The Morgan fingerprint density at radius 2 is 1.82 bits per heavy atom. The Labute approximate surface area is 136 Å². The van der Waals surface area contributed by atoms with Gasteiger partial charge in [-0.05, 0) is 61.0 Å². The summed E-state index contributed by atoms with van der Waals surface area (Å²) in [7, 11) is 0. The first-order chi connectivity index (χ1) is 10.6. The van der Waals surface area contributed by atoms with Gasteiger partial charge in [0, 0.05) is 10.0 Å². The van der Waals surface area contributed by atoms with Crippen molar-refractivity contribution in [1.29, 1.82) is 0 Å². The molecule has 1 aromatic heterocycles. The lowest BCUT2D eigenvalue weighted by Crippen LogP contribution is -1.79. The molecule has 1 heterocycles. The summed E-state index contributed by atoms with van der Waals surface area (Å²) >= 11 is 3.55. The molecule has 0 aliphatic carbocycles. The first-order valence-electron chi connectivity index (χ1n) is 6.78. The van der Waals surface area contributed by atoms with Crippen LogP contribution in [0.3, 0.4) is 0 Å². The van der Waals surface area contributed by atoms with Gasteiger partial charge in [-0.3, -0.25) is 4.99 Å². The average molecular weight is 358 g/mol. The molecule has 3 rings (SSSR count). The van der Waals surface area contributed by atoms with Crippen LogP contribution in [0.2, 0.25) is 0 Å². The Morgan fingerprint density at radius 1 is 1.05 bits per heavy atom. The van der Waals surface area contributed by atoms with Crippen LogP contribution >= 0.6 is 15.9 Å². The minimum absolute atomic E-state index is 0.275. The van der Waals surface area contributed by atoms with E-state index in [0.29, 0.717) is 11.4 Å². The second kappa shape index (κ2) is 6.28. The molecule has 0 amide bonds. The van der Waals surface area contributed by atoms with Crippen molar-refractivity contribution in [3.05, 3.63) is 76.2 Å². The Morgan fingerprint density at radius 3 is 2.55 bits per heavy atom. The molecular weight excluding hydrogens is 345 g/mol. The SMILES string of the molecule is Cc1ccc(-c2ccc(C=Nc3ccc(F)cc3)o2)c(Br)c1. The Balaban J connectivity index is 1.83. The van der Waals surface area contributed by atoms with Gasteiger partial charge >= 0.3 is 0 Å². The average Bonchev–Trinajstić information content (AvgIpc) is 2.95. The summed E-state index contributed by atoms with van der Waals surface area (Å²) in [4.78, 5) is 4.26. The third-order valence-electron chi connectivity index (χ3n) is 3.18. The Bertz CT molecular complexity index is 821. The van der Waals surface area contributed by atoms with Gasteiger partial charge < -0.3 is 4.42 Å². The quantitative estimate of drug-likeness (QED) is 0.535. The van der Waals surface area contributed by atoms with E-state index in [-0.39, 0.29) is 5.82 Å². The summed E-state index contributed by atoms with van der Waals surface area (Å²) in [5.41, 5.74) is 2.85. The van der Waals surface area contributed by atoms with E-state index in [0.717, 1.165) is 15.8 Å². The van der Waals surface area contributed by atoms with E-state index in [9.17, 15) is 4.39 Å². The third kappa shape index (κ3) is 3.34. The van der Waals surface area contributed by atoms with E-state index >= 15 is 0 Å². The molecule has 0 unspecified atom stereocenters. The van der Waals surface area contributed by atoms with Gasteiger partial charge in [0.1, 0.15) is 17.3 Å². The number of halogens is 2. The van der Waals surface area contributed by atoms with Gasteiger partial charge in [0.05, 0.1) is 11.9 Å². The van der Waals surface area contributed by atoms with Crippen LogP contribution in [0.5, 0.6) is 0 Å². The number of aryl methyl sites for hydroxylation is 1. The highest BCUT2D eigenvalue weighted by atomic mass is 79.9. The molecular formula is C18H13BrFNO. The molecule has 3 aromatic rings. The minimum atomic E-state index is -0.275. The van der Waals surface area contributed by atoms with E-state index in [1.165, 1.54) is 17.7 Å². The van der Waals surface area contributed by atoms with Crippen molar-refractivity contribution < 1.29 is 8.81 Å². The van der Waals surface area contributed by atoms with Crippen LogP contribution < -0.4 is 0 Å². The molecule has 2 aromatic carbocycles. The number of nitrogens with zero attached hydrogens (tertiary/aromatic N) is 1. The molecule has 22 heavy (non-hydrogen) atoms. The molecule has 0 aliphatic rings. The smallest absolute Gasteiger partial charge is 0.145 e. The second-order valence-electron chi connectivity index (χ2n) is 4.92. The van der Waals surface area contributed by atoms with Crippen LogP contribution in [-0.2, 0) is 0 Å². The van der Waals surface area contributed by atoms with E-state index in [2.05, 4.69) is 20.9 Å². The van der Waals surface area contributed by atoms with Gasteiger partial charge in [0.15, 0.2) is 0 Å². The van der Waals surface area contributed by atoms with Crippen LogP contribution in [-0.4, -0.2) is 6.21 Å². The lowest BCUT2D eigenvalue weighted by atomic mass is 10.1. The van der Waals surface area contributed by atoms with Crippen LogP contribution in [0.4, 0.5) is 10.1 Å². The van der Waals surface area contributed by atoms with Crippen molar-refractivity contribution in [3.8, 4) is 11.3 Å². The van der Waals surface area contributed by atoms with Crippen molar-refractivity contribution in [2.24, 2.45) is 4.99 Å². The molecule has 0 atom stereocenters. The van der Waals surface area contributed by atoms with E-state index in [1.54, 1.807) is 18.3 Å². The molecule has 4 heteroatoms. The van der Waals surface area contributed by atoms with Crippen LogP contribution in [0.1, 0.15) is 11.3 Å². The first kappa shape index (κ1) is 14.7. The van der Waals surface area contributed by atoms with Gasteiger partial charge in [-0.15, -0.1) is 0 Å². The highest BCUT2D eigenvalue weighted by molar-refractivity contribution is 9.10. The van der Waals surface area contributed by atoms with Crippen LogP contribution in [0, 0.1) is 12.7 Å². The van der Waals surface area contributed by atoms with Crippen molar-refractivity contribution >= 4 is 27.8 Å². The fraction of sp³-hybridized carbons (Fsp3) is 0.0556. The summed E-state index contributed by atoms with van der Waals surface area (Å²) in [5, 5.41) is 0. The van der Waals surface area contributed by atoms with Gasteiger partial charge in [-0.1, -0.05) is 22.0 Å². The van der Waals surface area contributed by atoms with Crippen LogP contribution in [0.25, 0.3) is 11.3 Å². The van der Waals surface area contributed by atoms with Gasteiger partial charge in [-0.25, -0.2) is 4.39 Å². The lowest BCUT2D eigenvalue weighted by Gasteiger charge is -2.01. The molecule has 0 spiro atoms. The summed E-state index contributed by atoms with van der Waals surface area (Å²) in [6.07, 6.45) is 1.62. The molecule has 0 fully saturated rings. The maximum Gasteiger partial charge on any atom is 0.145 e. The zero-order chi connectivity index (χ0) is 15.5. The number of hydrogen-bond donors (Lipinski definition) is 0. The van der Waals surface area contributed by atoms with E-state index in [1.807, 2.05) is 37.3 Å². The summed E-state index contributed by atoms with van der Waals surface area (Å²) in [6, 6.07) is 15.8. The number of furan rings is 1. The topological polar surface area (TPSA) is 25.5 Å². The fourth-order valence-corrected chi connectivity index (χ4v) is 2.74. The molecule has 0 aliphatic heterocycles. The Kier molecular flexibility index (Phi) is 4.20. The van der Waals surface area contributed by atoms with Crippen molar-refractivity contribution in [1.82, 2.24) is 0 Å². The maximum atomic E-state index is 12.8. The number of hydrogen-bond acceptors (Lipinski definition) is 2. The van der Waals surface area contributed by atoms with Crippen molar-refractivity contribution in [2.45, 2.75) is 6.92 Å². The van der Waals surface area contributed by atoms with Crippen LogP contribution in [0.15, 0.2) is 68.5 Å². The predicted octanol–water partition coefficient (Wildman–Crippen LogP) is 5.91. The fourth-order valence-electron chi connectivity index (χ4n) is 2.05. The summed E-state index contributed by atoms with van der Waals surface area (Å²) in [5.74, 6) is 1.14. The normalized spacial score (nSPS) is 11.2. The summed E-state index contributed by atoms with van der Waals surface area (Å²) < 4.78 is 19.6. The highest BCUT2D eigenvalue weighted by Gasteiger charge is 2.07. The van der Waals surface area contributed by atoms with E-state index < -0.39 is 0 Å². The number of aliphatic imine (C=N–C) groups is 1. The monoisotopic (exact) mass is 357 g/mol. The van der Waals surface area contributed by atoms with Gasteiger partial charge in [0.2, 0.25) is 0 Å². The first-order valence-corrected chi connectivity index (χ1v) is 7.57. The molecule has 2 nitrogen and oxygen atoms in total. The molecule has 110 valence electrons. The van der Waals surface area contributed by atoms with E-state index in [4.69, 9.17) is 4.42 Å². The maximum absolute atomic E-state index is 12.8. The summed E-state index contributed by atoms with van der Waals surface area (Å²) in [6.45, 7) is 2.04. The molecule has 0 saturated carbocycles. The molecule has 0 N–H and O–H groups in total. The zero-order valence-electron chi connectivity index (χ0n) is 11.9. The second-order valence-corrected chi connectivity index (χ2v) is 5.77. The Hall–Kier alpha value is -2.20. The number of benzene rings is 2. The molecule has 0 saturated heterocycles. The lowest BCUT2D eigenvalue weighted by molar-refractivity contribution is 0.575. The minimum Gasteiger partial charge on any atom is -0.455 e. The standard InChI is InChI=1S/C18H13BrFNO/c1-12-2-8-16(17(19)10-12)18-9-7-15(22-18)11-21-14-5-3-13(20)4-6-14/h2-11H,1H3. The highest BCUT2D eigenvalue weighted by Crippen LogP contribution is 2.30. The number of rotatable bonds is 3. The molecule has 0 radical (unpaired) electrons. The van der Waals surface area contributed by atoms with Crippen molar-refractivity contribution in [2.75, 3.05) is 0 Å². The third-order valence-corrected chi connectivity index (χ3v) is 3.84. The van der Waals surface area contributed by atoms with Crippen molar-refractivity contribution in [3.63, 3.8) is 0 Å².